The standard InChI is InChI=1S/3Al.3Ga.3Ir.10P/q6*+3;3*+4;10*-3. The zero-order chi connectivity index (χ0) is 0. The average molecular weight is 1180 g/mol. The molecule has 0 aromatic heterocycles. The maximum absolute atomic E-state index is 0. The van der Waals surface area contributed by atoms with Gasteiger partial charge in [-0.15, -0.1) is 0 Å². The second-order valence-electron chi connectivity index (χ2n) is 0. The molecule has 0 atom stereocenters. The van der Waals surface area contributed by atoms with Gasteiger partial charge in [-0.05, 0) is 0 Å². The zero-order valence-electron chi connectivity index (χ0n) is 8.94. The Morgan fingerprint density at radius 1 is 0.211 bits per heavy atom. The maximum atomic E-state index is 0. The fourth-order valence-electron chi connectivity index (χ4n) is 0. The van der Waals surface area contributed by atoms with Crippen LogP contribution in [0, 0.1) is 0 Å². The molecule has 3 radical (unpaired) electrons. The van der Waals surface area contributed by atoms with Crippen molar-refractivity contribution in [3.05, 3.63) is 0 Å². The first-order chi connectivity index (χ1) is 0. The molecule has 0 fully saturated rings. The molecule has 0 aromatic carbocycles. The smallest absolute Gasteiger partial charge is 3.00 e. The van der Waals surface area contributed by atoms with Gasteiger partial charge in [0.05, 0.1) is 0 Å². The Balaban J connectivity index is 0. The van der Waals surface area contributed by atoms with Crippen LogP contribution in [0.2, 0.25) is 0 Å². The molecule has 0 amide bonds. The molecule has 0 aliphatic carbocycles. The van der Waals surface area contributed by atoms with Crippen molar-refractivity contribution in [3.63, 3.8) is 0 Å². The molecule has 0 aromatic rings. The summed E-state index contributed by atoms with van der Waals surface area (Å²) in [5.74, 6) is 0. The summed E-state index contributed by atoms with van der Waals surface area (Å²) in [7, 11) is 0. The molecule has 19 heteroatoms. The molecule has 95 valence electrons. The van der Waals surface area contributed by atoms with Crippen molar-refractivity contribution in [2.24, 2.45) is 0 Å². The van der Waals surface area contributed by atoms with E-state index in [0.717, 1.165) is 0 Å². The van der Waals surface area contributed by atoms with Crippen LogP contribution in [0.5, 0.6) is 0 Å². The molecule has 19 heavy (non-hydrogen) atoms. The molecule has 0 spiro atoms. The van der Waals surface area contributed by atoms with Crippen molar-refractivity contribution >= 4 is 210 Å². The van der Waals surface area contributed by atoms with E-state index in [1.807, 2.05) is 0 Å². The largest absolute Gasteiger partial charge is 4.00 e. The maximum Gasteiger partial charge on any atom is 4.00 e. The summed E-state index contributed by atoms with van der Waals surface area (Å²) in [6, 6.07) is 0. The van der Waals surface area contributed by atoms with E-state index in [1.165, 1.54) is 0 Å². The van der Waals surface area contributed by atoms with Crippen LogP contribution >= 0.6 is 99.0 Å². The summed E-state index contributed by atoms with van der Waals surface area (Å²) in [4.78, 5) is 0. The third-order valence-corrected chi connectivity index (χ3v) is 0. The molecule has 0 aliphatic heterocycles. The quantitative estimate of drug-likeness (QED) is 0.197. The summed E-state index contributed by atoms with van der Waals surface area (Å²) < 4.78 is 0. The van der Waals surface area contributed by atoms with Gasteiger partial charge in [-0.1, -0.05) is 0 Å². The summed E-state index contributed by atoms with van der Waals surface area (Å²) in [6.07, 6.45) is 0. The third-order valence-electron chi connectivity index (χ3n) is 0. The van der Waals surface area contributed by atoms with Crippen LogP contribution < -0.4 is 0 Å². The van der Waals surface area contributed by atoms with Crippen LogP contribution in [0.15, 0.2) is 0 Å². The first-order valence-corrected chi connectivity index (χ1v) is 0. The molecule has 0 saturated heterocycles. The van der Waals surface area contributed by atoms with Crippen molar-refractivity contribution in [1.82, 2.24) is 0 Å². The average Bonchev–Trinajstić information content (AvgIpc) is 0. The van der Waals surface area contributed by atoms with E-state index in [4.69, 9.17) is 0 Å². The van der Waals surface area contributed by atoms with Crippen LogP contribution in [0.1, 0.15) is 0 Å². The number of hydrogen-bond acceptors (Lipinski definition) is 0. The van der Waals surface area contributed by atoms with Crippen molar-refractivity contribution < 1.29 is 60.3 Å². The Kier molecular flexibility index (Phi) is 2560. The van der Waals surface area contributed by atoms with Crippen molar-refractivity contribution in [3.8, 4) is 0 Å². The third kappa shape index (κ3) is 193. The predicted molar refractivity (Wildman–Crippen MR) is 104 cm³/mol. The molecule has 0 unspecified atom stereocenters. The Hall–Kier alpha value is 9.75. The predicted octanol–water partition coefficient (Wildman–Crippen LogP) is 6.32. The molecule has 0 heterocycles. The van der Waals surface area contributed by atoms with Gasteiger partial charge >= 0.3 is 172 Å². The summed E-state index contributed by atoms with van der Waals surface area (Å²) in [6.45, 7) is 0. The SMILES string of the molecule is [Al+3].[Al+3].[Al+3].[Ga+3].[Ga+3].[Ga+3].[Ir+4].[Ir+4].[Ir+4].[P-3].[P-3].[P-3].[P-3].[P-3].[P-3].[P-3].[P-3].[P-3].[P-3]. The van der Waals surface area contributed by atoms with E-state index in [1.54, 1.807) is 0 Å². The minimum atomic E-state index is 0. The Morgan fingerprint density at radius 2 is 0.211 bits per heavy atom. The molecular formula is Al3Ga3Ir3P10. The molecule has 0 rings (SSSR count). The van der Waals surface area contributed by atoms with Crippen LogP contribution in [0.4, 0.5) is 0 Å². The van der Waals surface area contributed by atoms with Gasteiger partial charge in [0.15, 0.2) is 0 Å². The first-order valence-electron chi connectivity index (χ1n) is 0. The van der Waals surface area contributed by atoms with Crippen molar-refractivity contribution in [2.45, 2.75) is 0 Å². The van der Waals surface area contributed by atoms with Crippen LogP contribution in [-0.4, -0.2) is 111 Å². The van der Waals surface area contributed by atoms with Gasteiger partial charge in [0.2, 0.25) is 0 Å². The van der Waals surface area contributed by atoms with Gasteiger partial charge in [-0.2, -0.15) is 0 Å². The molecule has 0 N–H and O–H groups in total. The van der Waals surface area contributed by atoms with Crippen LogP contribution in [-0.2, 0) is 60.3 Å². The van der Waals surface area contributed by atoms with E-state index in [0.29, 0.717) is 0 Å². The molecule has 0 saturated carbocycles. The monoisotopic (exact) mass is 1180 g/mol. The fraction of sp³-hybridized carbons (Fsp3) is 0. The Labute approximate surface area is 265 Å². The van der Waals surface area contributed by atoms with Gasteiger partial charge in [0.1, 0.15) is 0 Å². The van der Waals surface area contributed by atoms with Crippen LogP contribution in [0.25, 0.3) is 0 Å². The van der Waals surface area contributed by atoms with Crippen molar-refractivity contribution in [1.29, 1.82) is 0 Å². The van der Waals surface area contributed by atoms with Gasteiger partial charge < -0.3 is 99.0 Å². The van der Waals surface area contributed by atoms with Gasteiger partial charge in [-0.3, -0.25) is 0 Å². The summed E-state index contributed by atoms with van der Waals surface area (Å²) in [5.41, 5.74) is 0. The summed E-state index contributed by atoms with van der Waals surface area (Å²) in [5, 5.41) is 0. The van der Waals surface area contributed by atoms with E-state index in [9.17, 15) is 0 Å². The van der Waals surface area contributed by atoms with E-state index in [2.05, 4.69) is 0 Å². The molecular weight excluding hydrogens is 1180 g/mol. The van der Waals surface area contributed by atoms with Gasteiger partial charge in [0.25, 0.3) is 0 Å². The summed E-state index contributed by atoms with van der Waals surface area (Å²) >= 11 is 0. The molecule has 0 aliphatic rings. The molecule has 0 bridgehead atoms. The number of rotatable bonds is 0. The normalized spacial score (nSPS) is 0. The van der Waals surface area contributed by atoms with E-state index in [-0.39, 0.29) is 271 Å². The first kappa shape index (κ1) is 233. The van der Waals surface area contributed by atoms with E-state index < -0.39 is 0 Å². The second kappa shape index (κ2) is 209. The fourth-order valence-corrected chi connectivity index (χ4v) is 0. The number of hydrogen-bond donors (Lipinski definition) is 0. The Bertz CT molecular complexity index is 33.2. The second-order valence-corrected chi connectivity index (χ2v) is 0. The van der Waals surface area contributed by atoms with Gasteiger partial charge in [-0.25, -0.2) is 0 Å². The minimum Gasteiger partial charge on any atom is -3.00 e. The topological polar surface area (TPSA) is 0 Å². The van der Waals surface area contributed by atoms with Crippen molar-refractivity contribution in [2.75, 3.05) is 0 Å². The van der Waals surface area contributed by atoms with E-state index >= 15 is 0 Å². The Morgan fingerprint density at radius 3 is 0.211 bits per heavy atom. The molecule has 0 nitrogen and oxygen atoms in total. The zero-order valence-corrected chi connectivity index (χ0v) is 35.8. The van der Waals surface area contributed by atoms with Gasteiger partial charge in [0, 0.05) is 0 Å². The van der Waals surface area contributed by atoms with Crippen LogP contribution in [0.3, 0.4) is 0 Å². The minimum absolute atomic E-state index is 0.